The van der Waals surface area contributed by atoms with Gasteiger partial charge in [-0.3, -0.25) is 18.9 Å². The monoisotopic (exact) mass is 445 g/mol. The molecule has 0 spiro atoms. The van der Waals surface area contributed by atoms with E-state index in [-0.39, 0.29) is 18.9 Å². The van der Waals surface area contributed by atoms with E-state index >= 15 is 0 Å². The lowest BCUT2D eigenvalue weighted by atomic mass is 10.1. The molecule has 3 N–H and O–H groups in total. The average molecular weight is 445 g/mol. The van der Waals surface area contributed by atoms with E-state index in [1.165, 1.54) is 4.90 Å². The second-order valence-electron chi connectivity index (χ2n) is 8.08. The summed E-state index contributed by atoms with van der Waals surface area (Å²) in [6.45, 7) is 2.04. The summed E-state index contributed by atoms with van der Waals surface area (Å²) < 4.78 is 1.79. The van der Waals surface area contributed by atoms with Gasteiger partial charge in [0.15, 0.2) is 11.5 Å². The van der Waals surface area contributed by atoms with Crippen LogP contribution in [-0.4, -0.2) is 54.9 Å². The van der Waals surface area contributed by atoms with E-state index in [1.807, 2.05) is 54.9 Å². The Hall–Kier alpha value is -4.21. The lowest BCUT2D eigenvalue weighted by Crippen LogP contribution is -2.38. The fourth-order valence-electron chi connectivity index (χ4n) is 4.20. The van der Waals surface area contributed by atoms with Crippen molar-refractivity contribution in [2.75, 3.05) is 6.54 Å². The first-order valence-corrected chi connectivity index (χ1v) is 10.8. The van der Waals surface area contributed by atoms with Gasteiger partial charge in [-0.1, -0.05) is 24.3 Å². The number of H-pyrrole nitrogens is 1. The van der Waals surface area contributed by atoms with Crippen molar-refractivity contribution in [3.05, 3.63) is 66.2 Å². The summed E-state index contributed by atoms with van der Waals surface area (Å²) in [4.78, 5) is 42.1. The molecule has 10 heteroatoms. The Morgan fingerprint density at radius 1 is 1.15 bits per heavy atom. The van der Waals surface area contributed by atoms with Crippen molar-refractivity contribution in [2.45, 2.75) is 31.8 Å². The van der Waals surface area contributed by atoms with Crippen molar-refractivity contribution in [3.8, 4) is 0 Å². The molecule has 4 aromatic rings. The van der Waals surface area contributed by atoms with Gasteiger partial charge in [0, 0.05) is 29.8 Å². The van der Waals surface area contributed by atoms with Gasteiger partial charge in [0.05, 0.1) is 12.5 Å². The number of nitrogens with one attached hydrogen (secondary N) is 3. The van der Waals surface area contributed by atoms with Gasteiger partial charge in [-0.25, -0.2) is 4.79 Å². The van der Waals surface area contributed by atoms with Crippen molar-refractivity contribution in [3.63, 3.8) is 0 Å². The van der Waals surface area contributed by atoms with Crippen LogP contribution in [0.15, 0.2) is 54.9 Å². The van der Waals surface area contributed by atoms with Gasteiger partial charge < -0.3 is 15.6 Å². The Labute approximate surface area is 189 Å². The molecule has 1 aromatic carbocycles. The standard InChI is InChI=1S/C23H23N7O3/c1-14(21-28-27-19-8-4-5-10-29(19)21)25-20(31)12-18-22(32)30(23(33)26-18)11-9-15-13-24-17-7-3-2-6-16(15)17/h2-8,10,13-14,18,24H,9,11-12H2,1H3,(H,25,31)(H,26,33)/t14-,18-/m1/s1. The predicted octanol–water partition coefficient (Wildman–Crippen LogP) is 1.94. The van der Waals surface area contributed by atoms with Crippen LogP contribution in [0.1, 0.15) is 30.8 Å². The number of aromatic nitrogens is 4. The van der Waals surface area contributed by atoms with Crippen molar-refractivity contribution in [1.29, 1.82) is 0 Å². The van der Waals surface area contributed by atoms with Crippen molar-refractivity contribution >= 4 is 34.4 Å². The van der Waals surface area contributed by atoms with E-state index in [1.54, 1.807) is 11.3 Å². The zero-order valence-electron chi connectivity index (χ0n) is 18.0. The number of aromatic amines is 1. The molecule has 1 fully saturated rings. The molecular weight excluding hydrogens is 422 g/mol. The largest absolute Gasteiger partial charge is 0.361 e. The molecule has 10 nitrogen and oxygen atoms in total. The van der Waals surface area contributed by atoms with Crippen LogP contribution in [0, 0.1) is 0 Å². The number of carbonyl (C=O) groups is 3. The predicted molar refractivity (Wildman–Crippen MR) is 120 cm³/mol. The van der Waals surface area contributed by atoms with Crippen LogP contribution in [0.2, 0.25) is 0 Å². The molecule has 0 bridgehead atoms. The number of fused-ring (bicyclic) bond motifs is 2. The van der Waals surface area contributed by atoms with Crippen LogP contribution >= 0.6 is 0 Å². The molecule has 2 atom stereocenters. The van der Waals surface area contributed by atoms with Crippen molar-refractivity contribution < 1.29 is 14.4 Å². The van der Waals surface area contributed by atoms with Crippen LogP contribution in [-0.2, 0) is 16.0 Å². The quantitative estimate of drug-likeness (QED) is 0.375. The smallest absolute Gasteiger partial charge is 0.324 e. The number of para-hydroxylation sites is 1. The number of nitrogens with zero attached hydrogens (tertiary/aromatic N) is 4. The molecule has 1 saturated heterocycles. The summed E-state index contributed by atoms with van der Waals surface area (Å²) in [5.74, 6) is -0.163. The van der Waals surface area contributed by atoms with Gasteiger partial charge in [0.2, 0.25) is 5.91 Å². The van der Waals surface area contributed by atoms with Crippen LogP contribution in [0.3, 0.4) is 0 Å². The van der Waals surface area contributed by atoms with Crippen LogP contribution in [0.5, 0.6) is 0 Å². The van der Waals surface area contributed by atoms with Crippen molar-refractivity contribution in [1.82, 2.24) is 35.1 Å². The Kier molecular flexibility index (Phi) is 5.25. The SMILES string of the molecule is C[C@@H](NC(=O)C[C@H]1NC(=O)N(CCc2c[nH]c3ccccc23)C1=O)c1nnc2ccccn12. The number of amides is 4. The third-order valence-electron chi connectivity index (χ3n) is 5.88. The molecule has 1 aliphatic heterocycles. The van der Waals surface area contributed by atoms with Crippen molar-refractivity contribution in [2.24, 2.45) is 0 Å². The summed E-state index contributed by atoms with van der Waals surface area (Å²) in [6, 6.07) is 11.6. The molecule has 33 heavy (non-hydrogen) atoms. The Morgan fingerprint density at radius 3 is 2.85 bits per heavy atom. The minimum atomic E-state index is -0.886. The third kappa shape index (κ3) is 3.91. The van der Waals surface area contributed by atoms with Gasteiger partial charge in [0.1, 0.15) is 6.04 Å². The zero-order valence-corrected chi connectivity index (χ0v) is 18.0. The summed E-state index contributed by atoms with van der Waals surface area (Å²) >= 11 is 0. The Balaban J connectivity index is 1.19. The molecule has 168 valence electrons. The minimum absolute atomic E-state index is 0.144. The van der Waals surface area contributed by atoms with Gasteiger partial charge in [-0.15, -0.1) is 10.2 Å². The van der Waals surface area contributed by atoms with E-state index < -0.39 is 24.0 Å². The average Bonchev–Trinajstić information content (AvgIpc) is 3.49. The first kappa shape index (κ1) is 20.7. The Morgan fingerprint density at radius 2 is 1.97 bits per heavy atom. The summed E-state index contributed by atoms with van der Waals surface area (Å²) in [6.07, 6.45) is 4.09. The first-order chi connectivity index (χ1) is 16.0. The molecule has 0 radical (unpaired) electrons. The number of imide groups is 1. The molecule has 0 saturated carbocycles. The molecule has 0 aliphatic carbocycles. The topological polar surface area (TPSA) is 124 Å². The highest BCUT2D eigenvalue weighted by Crippen LogP contribution is 2.20. The maximum absolute atomic E-state index is 12.8. The van der Waals surface area contributed by atoms with Gasteiger partial charge >= 0.3 is 6.03 Å². The van der Waals surface area contributed by atoms with Crippen LogP contribution in [0.4, 0.5) is 4.79 Å². The molecule has 0 unspecified atom stereocenters. The molecule has 1 aliphatic rings. The van der Waals surface area contributed by atoms with E-state index in [2.05, 4.69) is 25.8 Å². The fraction of sp³-hybridized carbons (Fsp3) is 0.261. The van der Waals surface area contributed by atoms with Gasteiger partial charge in [-0.2, -0.15) is 0 Å². The summed E-state index contributed by atoms with van der Waals surface area (Å²) in [5.41, 5.74) is 2.72. The Bertz CT molecular complexity index is 1360. The second-order valence-corrected chi connectivity index (χ2v) is 8.08. The van der Waals surface area contributed by atoms with Gasteiger partial charge in [-0.05, 0) is 37.1 Å². The number of hydrogen-bond donors (Lipinski definition) is 3. The highest BCUT2D eigenvalue weighted by molar-refractivity contribution is 6.05. The molecule has 5 rings (SSSR count). The number of urea groups is 1. The molecular formula is C23H23N7O3. The number of carbonyl (C=O) groups excluding carboxylic acids is 3. The number of pyridine rings is 1. The highest BCUT2D eigenvalue weighted by atomic mass is 16.2. The molecule has 4 amide bonds. The number of benzene rings is 1. The van der Waals surface area contributed by atoms with Gasteiger partial charge in [0.25, 0.3) is 5.91 Å². The molecule has 3 aromatic heterocycles. The first-order valence-electron chi connectivity index (χ1n) is 10.8. The third-order valence-corrected chi connectivity index (χ3v) is 5.88. The van der Waals surface area contributed by atoms with E-state index in [4.69, 9.17) is 0 Å². The maximum atomic E-state index is 12.8. The lowest BCUT2D eigenvalue weighted by Gasteiger charge is -2.15. The fourth-order valence-corrected chi connectivity index (χ4v) is 4.20. The van der Waals surface area contributed by atoms with Crippen LogP contribution in [0.25, 0.3) is 16.6 Å². The zero-order chi connectivity index (χ0) is 22.9. The summed E-state index contributed by atoms with van der Waals surface area (Å²) in [7, 11) is 0. The maximum Gasteiger partial charge on any atom is 0.324 e. The minimum Gasteiger partial charge on any atom is -0.361 e. The van der Waals surface area contributed by atoms with E-state index in [0.717, 1.165) is 16.5 Å². The lowest BCUT2D eigenvalue weighted by molar-refractivity contribution is -0.131. The number of rotatable bonds is 7. The van der Waals surface area contributed by atoms with E-state index in [9.17, 15) is 14.4 Å². The normalized spacial score (nSPS) is 17.0. The van der Waals surface area contributed by atoms with E-state index in [0.29, 0.717) is 17.9 Å². The number of hydrogen-bond acceptors (Lipinski definition) is 5. The summed E-state index contributed by atoms with van der Waals surface area (Å²) in [5, 5.41) is 14.8. The molecule has 4 heterocycles. The van der Waals surface area contributed by atoms with Crippen LogP contribution < -0.4 is 10.6 Å². The second kappa shape index (κ2) is 8.38. The highest BCUT2D eigenvalue weighted by Gasteiger charge is 2.39.